The lowest BCUT2D eigenvalue weighted by atomic mass is 9.48. The second-order valence-corrected chi connectivity index (χ2v) is 30.9. The molecule has 7 saturated carbocycles. The maximum Gasteiger partial charge on any atom is 0.306 e. The van der Waals surface area contributed by atoms with Crippen LogP contribution in [0.25, 0.3) is 0 Å². The van der Waals surface area contributed by atoms with Gasteiger partial charge < -0.3 is 25.4 Å². The average molecular weight is 1320 g/mol. The summed E-state index contributed by atoms with van der Waals surface area (Å²) < 4.78 is 5.87. The number of ether oxygens (including phenoxy) is 1. The first-order chi connectivity index (χ1) is 43.0. The molecule has 0 radical (unpaired) electrons. The number of piperidine rings is 2. The normalized spacial score (nSPS) is 36.4. The van der Waals surface area contributed by atoms with Crippen molar-refractivity contribution in [3.63, 3.8) is 0 Å². The van der Waals surface area contributed by atoms with Crippen LogP contribution in [0.15, 0.2) is 60.3 Å². The number of esters is 1. The summed E-state index contributed by atoms with van der Waals surface area (Å²) in [5.41, 5.74) is 4.69. The van der Waals surface area contributed by atoms with E-state index >= 15 is 0 Å². The van der Waals surface area contributed by atoms with E-state index in [2.05, 4.69) is 13.0 Å². The summed E-state index contributed by atoms with van der Waals surface area (Å²) in [4.78, 5) is 142. The van der Waals surface area contributed by atoms with E-state index in [0.29, 0.717) is 88.7 Å². The SMILES string of the molecule is C.C.C[C@]1(CCC(=O)N2CCCCC2)OC(=O)CC[C@@H]2[C@@H]1C(=O)C[C@]1(C)C(=O)CC[C@@H]21.C[C@]1(CCC(=O)O)C(=O)CC[C@@H]2[C@@H]1C(=O)C[C@]1(C)C(=O)CC[C@@H]21.C[C@]12CCC(=O)N(Cc3ccc(Cl)cc3)C1=CC[C@@H]1[C@@H]2C(=O)C[C@]2(C)C(=O)CC[C@@H]12.NCc1ccc(Cl)cc1. The Kier molecular flexibility index (Phi) is 22.4. The molecular weight excluding hydrogens is 1220 g/mol. The maximum absolute atomic E-state index is 13.5. The number of rotatable bonds is 9. The Balaban J connectivity index is 0.000000167. The Hall–Kier alpha value is -5.71. The van der Waals surface area contributed by atoms with Crippen LogP contribution in [-0.4, -0.2) is 97.8 Å². The second kappa shape index (κ2) is 28.5. The third-order valence-corrected chi connectivity index (χ3v) is 25.2. The number of nitrogens with zero attached hydrogens (tertiary/aromatic N) is 2. The first-order valence-electron chi connectivity index (χ1n) is 33.6. The lowest BCUT2D eigenvalue weighted by Gasteiger charge is -2.56. The first kappa shape index (κ1) is 73.1. The summed E-state index contributed by atoms with van der Waals surface area (Å²) in [6, 6.07) is 15.1. The van der Waals surface area contributed by atoms with Gasteiger partial charge in [0.15, 0.2) is 0 Å². The number of Topliss-reactive ketones (excluding diaryl/α,β-unsaturated/α-hetero) is 7. The summed E-state index contributed by atoms with van der Waals surface area (Å²) in [5, 5.41) is 10.4. The van der Waals surface area contributed by atoms with E-state index in [1.165, 1.54) is 0 Å². The van der Waals surface area contributed by atoms with E-state index in [9.17, 15) is 52.7 Å². The van der Waals surface area contributed by atoms with Gasteiger partial charge >= 0.3 is 11.9 Å². The van der Waals surface area contributed by atoms with Gasteiger partial charge in [0, 0.05) is 145 Å². The maximum atomic E-state index is 13.5. The number of nitrogens with two attached hydrogens (primary N) is 1. The van der Waals surface area contributed by atoms with Crippen molar-refractivity contribution in [2.24, 2.45) is 86.1 Å². The van der Waals surface area contributed by atoms with Crippen molar-refractivity contribution in [1.29, 1.82) is 0 Å². The molecule has 13 rings (SSSR count). The molecule has 2 aromatic carbocycles. The van der Waals surface area contributed by atoms with Gasteiger partial charge in [-0.25, -0.2) is 0 Å². The predicted octanol–water partition coefficient (Wildman–Crippen LogP) is 13.5. The number of benzene rings is 2. The molecule has 3 aliphatic heterocycles. The van der Waals surface area contributed by atoms with Crippen molar-refractivity contribution in [2.45, 2.75) is 223 Å². The van der Waals surface area contributed by atoms with Crippen molar-refractivity contribution in [2.75, 3.05) is 13.1 Å². The highest BCUT2D eigenvalue weighted by Gasteiger charge is 2.66. The van der Waals surface area contributed by atoms with Gasteiger partial charge in [-0.3, -0.25) is 52.7 Å². The fourth-order valence-electron chi connectivity index (χ4n) is 19.8. The monoisotopic (exact) mass is 1320 g/mol. The quantitative estimate of drug-likeness (QED) is 0.222. The predicted molar refractivity (Wildman–Crippen MR) is 355 cm³/mol. The average Bonchev–Trinajstić information content (AvgIpc) is 1.72. The highest BCUT2D eigenvalue weighted by atomic mass is 35.5. The molecule has 508 valence electrons. The van der Waals surface area contributed by atoms with E-state index in [4.69, 9.17) is 38.8 Å². The number of allylic oxidation sites excluding steroid dienone is 2. The van der Waals surface area contributed by atoms with Gasteiger partial charge in [-0.1, -0.05) is 103 Å². The molecule has 0 aromatic heterocycles. The van der Waals surface area contributed by atoms with Crippen LogP contribution in [0, 0.1) is 80.3 Å². The van der Waals surface area contributed by atoms with Crippen LogP contribution < -0.4 is 5.73 Å². The van der Waals surface area contributed by atoms with Gasteiger partial charge in [-0.05, 0) is 155 Å². The molecule has 3 N–H and O–H groups in total. The zero-order chi connectivity index (χ0) is 65.8. The van der Waals surface area contributed by atoms with Gasteiger partial charge in [0.25, 0.3) is 0 Å². The van der Waals surface area contributed by atoms with E-state index in [-0.39, 0.29) is 152 Å². The van der Waals surface area contributed by atoms with E-state index in [1.54, 1.807) is 6.92 Å². The number of fused-ring (bicyclic) bond motifs is 11. The third kappa shape index (κ3) is 13.9. The van der Waals surface area contributed by atoms with Gasteiger partial charge in [0.2, 0.25) is 11.8 Å². The Labute approximate surface area is 560 Å². The molecule has 0 bridgehead atoms. The first-order valence-corrected chi connectivity index (χ1v) is 34.4. The van der Waals surface area contributed by atoms with Crippen molar-refractivity contribution < 1.29 is 62.6 Å². The van der Waals surface area contributed by atoms with Gasteiger partial charge in [-0.15, -0.1) is 0 Å². The Morgan fingerprint density at radius 2 is 1.03 bits per heavy atom. The van der Waals surface area contributed by atoms with Gasteiger partial charge in [0.05, 0.1) is 12.5 Å². The minimum Gasteiger partial charge on any atom is -0.481 e. The Bertz CT molecular complexity index is 3290. The van der Waals surface area contributed by atoms with Crippen LogP contribution >= 0.6 is 23.2 Å². The fourth-order valence-corrected chi connectivity index (χ4v) is 20.1. The molecule has 8 aliphatic carbocycles. The second-order valence-electron chi connectivity index (χ2n) is 30.0. The van der Waals surface area contributed by atoms with Crippen molar-refractivity contribution >= 4 is 87.4 Å². The zero-order valence-corrected chi connectivity index (χ0v) is 55.6. The van der Waals surface area contributed by atoms with Crippen LogP contribution in [0.4, 0.5) is 0 Å². The standard InChI is InChI=1S/C25H28ClNO3.C23H33NO5.C18H24O5.C7H8ClN.2CH4/c1-24-12-11-22(30)27(14-15-3-5-16(26)6-4-15)20(24)9-7-17-18-8-10-21(29)25(18,2)13-19(28)23(17)24;1-22-14-17(25)21-15(16(22)7-8-18(22)26)6-9-20(28)29-23(21,2)11-10-19(27)24-12-4-3-5-13-24;1-17(8-7-15(22)23)13(20)5-3-10-11-4-6-14(21)18(11,2)9-12(19)16(10)17;8-7-3-1-6(5-9)2-4-7;;/h3-6,9,17-18,23H,7-8,10-14H2,1-2H3;15-16,21H,3-14H2,1-2H3;10-11,16H,3-9H2,1-2H3,(H,22,23);1-4H,5,9H2;2*1H4/t17-,18-,23+,24-,25-;15-,16-,21+,22-,23+;10-,11-,16+,17-,18-;;;/m000.../s1. The summed E-state index contributed by atoms with van der Waals surface area (Å²) in [6.45, 7) is 14.3. The van der Waals surface area contributed by atoms with E-state index < -0.39 is 45.1 Å². The topological polar surface area (TPSA) is 250 Å². The molecule has 3 saturated heterocycles. The number of carbonyl (C=O) groups is 11. The highest BCUT2D eigenvalue weighted by Crippen LogP contribution is 2.64. The number of hydrogen-bond acceptors (Lipinski definition) is 13. The van der Waals surface area contributed by atoms with Gasteiger partial charge in [-0.2, -0.15) is 0 Å². The molecule has 3 heterocycles. The van der Waals surface area contributed by atoms with Crippen molar-refractivity contribution in [3.8, 4) is 0 Å². The van der Waals surface area contributed by atoms with Crippen molar-refractivity contribution in [3.05, 3.63) is 81.5 Å². The van der Waals surface area contributed by atoms with Gasteiger partial charge in [0.1, 0.15) is 46.1 Å². The molecule has 2 aromatic rings. The molecule has 93 heavy (non-hydrogen) atoms. The Morgan fingerprint density at radius 3 is 1.56 bits per heavy atom. The summed E-state index contributed by atoms with van der Waals surface area (Å²) >= 11 is 11.6. The summed E-state index contributed by atoms with van der Waals surface area (Å²) in [6.07, 6.45) is 15.1. The smallest absolute Gasteiger partial charge is 0.306 e. The minimum atomic E-state index is -0.965. The number of amides is 2. The zero-order valence-electron chi connectivity index (χ0n) is 54.1. The number of halogens is 2. The van der Waals surface area contributed by atoms with Crippen LogP contribution in [-0.2, 0) is 70.6 Å². The molecule has 0 unspecified atom stereocenters. The van der Waals surface area contributed by atoms with E-state index in [0.717, 1.165) is 79.9 Å². The number of cyclic esters (lactones) is 1. The summed E-state index contributed by atoms with van der Waals surface area (Å²) in [5.74, 6) is -0.222. The largest absolute Gasteiger partial charge is 0.481 e. The minimum absolute atomic E-state index is 0. The molecule has 15 atom stereocenters. The van der Waals surface area contributed by atoms with Crippen LogP contribution in [0.5, 0.6) is 0 Å². The molecule has 10 fully saturated rings. The number of carboxylic acids is 1. The highest BCUT2D eigenvalue weighted by molar-refractivity contribution is 6.30. The van der Waals surface area contributed by atoms with Crippen LogP contribution in [0.2, 0.25) is 10.0 Å². The molecule has 0 spiro atoms. The number of likely N-dealkylation sites (tertiary alicyclic amines) is 2. The number of carboxylic acid groups (broad SMARTS) is 1. The van der Waals surface area contributed by atoms with Crippen molar-refractivity contribution in [1.82, 2.24) is 9.80 Å². The number of aliphatic carboxylic acids is 1. The number of ketones is 7. The molecule has 18 heteroatoms. The van der Waals surface area contributed by atoms with E-state index in [1.807, 2.05) is 86.0 Å². The molecular formula is C75H101Cl2N3O13. The lowest BCUT2D eigenvalue weighted by molar-refractivity contribution is -0.172. The third-order valence-electron chi connectivity index (χ3n) is 24.7. The lowest BCUT2D eigenvalue weighted by Crippen LogP contribution is -2.57. The molecule has 16 nitrogen and oxygen atoms in total. The Morgan fingerprint density at radius 1 is 0.559 bits per heavy atom. The molecule has 2 amide bonds. The molecule has 11 aliphatic rings. The van der Waals surface area contributed by atoms with Crippen LogP contribution in [0.3, 0.4) is 0 Å². The number of hydrogen-bond donors (Lipinski definition) is 2. The number of carbonyl (C=O) groups excluding carboxylic acids is 10. The fraction of sp³-hybridized carbons (Fsp3) is 0.667. The van der Waals surface area contributed by atoms with Crippen LogP contribution in [0.1, 0.15) is 215 Å². The summed E-state index contributed by atoms with van der Waals surface area (Å²) in [7, 11) is 0.